The second kappa shape index (κ2) is 5.30. The molecule has 0 saturated heterocycles. The molecule has 0 rings (SSSR count). The van der Waals surface area contributed by atoms with Gasteiger partial charge in [0.2, 0.25) is 0 Å². The zero-order valence-corrected chi connectivity index (χ0v) is 8.38. The van der Waals surface area contributed by atoms with Gasteiger partial charge in [-0.15, -0.1) is 0 Å². The number of aliphatic carboxylic acids is 3. The van der Waals surface area contributed by atoms with E-state index in [4.69, 9.17) is 15.3 Å². The molecule has 0 spiro atoms. The van der Waals surface area contributed by atoms with Gasteiger partial charge in [-0.3, -0.25) is 19.3 Å². The lowest BCUT2D eigenvalue weighted by Crippen LogP contribution is -2.50. The summed E-state index contributed by atoms with van der Waals surface area (Å²) >= 11 is 0. The quantitative estimate of drug-likeness (QED) is 0.542. The minimum absolute atomic E-state index is 0.624. The fraction of sp³-hybridized carbons (Fsp3) is 0.625. The summed E-state index contributed by atoms with van der Waals surface area (Å²) in [6.07, 6.45) is 0. The van der Waals surface area contributed by atoms with Crippen LogP contribution in [0.3, 0.4) is 0 Å². The molecule has 0 aromatic heterocycles. The van der Waals surface area contributed by atoms with Gasteiger partial charge in [0.25, 0.3) is 0 Å². The lowest BCUT2D eigenvalue weighted by molar-refractivity contribution is -0.152. The van der Waals surface area contributed by atoms with Crippen LogP contribution >= 0.6 is 0 Å². The monoisotopic (exact) mass is 219 g/mol. The number of nitrogens with zero attached hydrogens (tertiary/aromatic N) is 1. The minimum Gasteiger partial charge on any atom is -0.480 e. The molecule has 0 heterocycles. The highest BCUT2D eigenvalue weighted by atomic mass is 16.4. The number of carboxylic acid groups (broad SMARTS) is 3. The van der Waals surface area contributed by atoms with Gasteiger partial charge in [-0.25, -0.2) is 0 Å². The lowest BCUT2D eigenvalue weighted by atomic mass is 10.2. The van der Waals surface area contributed by atoms with E-state index in [1.807, 2.05) is 0 Å². The smallest absolute Gasteiger partial charge is 0.320 e. The topological polar surface area (TPSA) is 115 Å². The van der Waals surface area contributed by atoms with Gasteiger partial charge in [0.05, 0.1) is 6.54 Å². The van der Waals surface area contributed by atoms with E-state index in [1.54, 1.807) is 0 Å². The van der Waals surface area contributed by atoms with Gasteiger partial charge in [-0.05, 0) is 13.8 Å². The summed E-state index contributed by atoms with van der Waals surface area (Å²) in [6.45, 7) is 1.86. The molecular formula is C8H13NO6. The van der Waals surface area contributed by atoms with Crippen LogP contribution < -0.4 is 0 Å². The van der Waals surface area contributed by atoms with Crippen molar-refractivity contribution in [1.82, 2.24) is 4.90 Å². The number of carbonyl (C=O) groups is 3. The normalized spacial score (nSPS) is 14.6. The second-order valence-electron chi connectivity index (χ2n) is 3.09. The molecular weight excluding hydrogens is 206 g/mol. The fourth-order valence-corrected chi connectivity index (χ4v) is 1.05. The van der Waals surface area contributed by atoms with Gasteiger partial charge in [0.1, 0.15) is 12.1 Å². The largest absolute Gasteiger partial charge is 0.480 e. The number of hydrogen-bond acceptors (Lipinski definition) is 4. The highest BCUT2D eigenvalue weighted by Crippen LogP contribution is 2.06. The Balaban J connectivity index is 4.79. The summed E-state index contributed by atoms with van der Waals surface area (Å²) in [5.41, 5.74) is 0. The first-order valence-corrected chi connectivity index (χ1v) is 4.20. The first-order valence-electron chi connectivity index (χ1n) is 4.20. The highest BCUT2D eigenvalue weighted by Gasteiger charge is 2.30. The Morgan fingerprint density at radius 1 is 1.00 bits per heavy atom. The molecule has 0 fully saturated rings. The van der Waals surface area contributed by atoms with Crippen LogP contribution in [-0.4, -0.2) is 56.8 Å². The molecule has 0 unspecified atom stereocenters. The van der Waals surface area contributed by atoms with Crippen LogP contribution in [0.15, 0.2) is 0 Å². The molecule has 7 heteroatoms. The van der Waals surface area contributed by atoms with Crippen LogP contribution in [0, 0.1) is 0 Å². The molecule has 0 radical (unpaired) electrons. The van der Waals surface area contributed by atoms with Crippen molar-refractivity contribution in [1.29, 1.82) is 0 Å². The van der Waals surface area contributed by atoms with Crippen molar-refractivity contribution in [2.75, 3.05) is 6.54 Å². The van der Waals surface area contributed by atoms with E-state index in [0.717, 1.165) is 4.90 Å². The second-order valence-corrected chi connectivity index (χ2v) is 3.09. The molecule has 86 valence electrons. The van der Waals surface area contributed by atoms with Crippen LogP contribution in [0.5, 0.6) is 0 Å². The molecule has 7 nitrogen and oxygen atoms in total. The maximum Gasteiger partial charge on any atom is 0.320 e. The van der Waals surface area contributed by atoms with Crippen molar-refractivity contribution < 1.29 is 29.7 Å². The third kappa shape index (κ3) is 3.94. The third-order valence-electron chi connectivity index (χ3n) is 2.03. The SMILES string of the molecule is C[C@H](C(=O)O)N(CC(=O)O)[C@@H](C)C(=O)O. The minimum atomic E-state index is -1.27. The van der Waals surface area contributed by atoms with Gasteiger partial charge in [0.15, 0.2) is 0 Å². The van der Waals surface area contributed by atoms with Crippen LogP contribution in [0.2, 0.25) is 0 Å². The Hall–Kier alpha value is -1.63. The van der Waals surface area contributed by atoms with Gasteiger partial charge < -0.3 is 15.3 Å². The summed E-state index contributed by atoms with van der Waals surface area (Å²) in [4.78, 5) is 32.6. The van der Waals surface area contributed by atoms with E-state index in [0.29, 0.717) is 0 Å². The number of carboxylic acids is 3. The van der Waals surface area contributed by atoms with Crippen molar-refractivity contribution in [3.8, 4) is 0 Å². The summed E-state index contributed by atoms with van der Waals surface area (Å²) < 4.78 is 0. The molecule has 2 atom stereocenters. The molecule has 0 aromatic carbocycles. The third-order valence-corrected chi connectivity index (χ3v) is 2.03. The molecule has 15 heavy (non-hydrogen) atoms. The first kappa shape index (κ1) is 13.4. The lowest BCUT2D eigenvalue weighted by Gasteiger charge is -2.27. The standard InChI is InChI=1S/C8H13NO6/c1-4(7(12)13)9(3-6(10)11)5(2)8(14)15/h4-5H,3H2,1-2H3,(H,10,11)(H,12,13)(H,14,15)/t4-,5+. The first-order chi connectivity index (χ1) is 6.77. The Labute approximate surface area is 85.9 Å². The molecule has 0 bridgehead atoms. The molecule has 0 saturated carbocycles. The van der Waals surface area contributed by atoms with Crippen molar-refractivity contribution in [3.05, 3.63) is 0 Å². The molecule has 3 N–H and O–H groups in total. The van der Waals surface area contributed by atoms with E-state index in [2.05, 4.69) is 0 Å². The zero-order valence-electron chi connectivity index (χ0n) is 8.38. The Kier molecular flexibility index (Phi) is 4.72. The van der Waals surface area contributed by atoms with Gasteiger partial charge in [-0.2, -0.15) is 0 Å². The molecule has 0 aliphatic rings. The average Bonchev–Trinajstić information content (AvgIpc) is 2.11. The van der Waals surface area contributed by atoms with E-state index in [9.17, 15) is 14.4 Å². The Morgan fingerprint density at radius 3 is 1.53 bits per heavy atom. The van der Waals surface area contributed by atoms with Gasteiger partial charge >= 0.3 is 17.9 Å². The predicted octanol–water partition coefficient (Wildman–Crippen LogP) is -0.681. The Morgan fingerprint density at radius 2 is 1.33 bits per heavy atom. The fourth-order valence-electron chi connectivity index (χ4n) is 1.05. The molecule has 0 amide bonds. The van der Waals surface area contributed by atoms with Crippen molar-refractivity contribution in [3.63, 3.8) is 0 Å². The van der Waals surface area contributed by atoms with E-state index >= 15 is 0 Å². The molecule has 0 aromatic rings. The van der Waals surface area contributed by atoms with Gasteiger partial charge in [-0.1, -0.05) is 0 Å². The summed E-state index contributed by atoms with van der Waals surface area (Å²) in [5.74, 6) is -3.79. The van der Waals surface area contributed by atoms with Crippen LogP contribution in [0.4, 0.5) is 0 Å². The van der Waals surface area contributed by atoms with E-state index < -0.39 is 36.5 Å². The van der Waals surface area contributed by atoms with Crippen molar-refractivity contribution in [2.24, 2.45) is 0 Å². The zero-order chi connectivity index (χ0) is 12.2. The van der Waals surface area contributed by atoms with Crippen LogP contribution in [-0.2, 0) is 14.4 Å². The molecule has 0 aliphatic heterocycles. The van der Waals surface area contributed by atoms with Crippen LogP contribution in [0.25, 0.3) is 0 Å². The summed E-state index contributed by atoms with van der Waals surface area (Å²) in [7, 11) is 0. The van der Waals surface area contributed by atoms with Crippen molar-refractivity contribution >= 4 is 17.9 Å². The maximum absolute atomic E-state index is 10.6. The van der Waals surface area contributed by atoms with E-state index in [-0.39, 0.29) is 0 Å². The van der Waals surface area contributed by atoms with Gasteiger partial charge in [0, 0.05) is 0 Å². The number of hydrogen-bond donors (Lipinski definition) is 3. The Bertz CT molecular complexity index is 256. The summed E-state index contributed by atoms with van der Waals surface area (Å²) in [5, 5.41) is 25.9. The highest BCUT2D eigenvalue weighted by molar-refractivity contribution is 5.79. The molecule has 0 aliphatic carbocycles. The maximum atomic E-state index is 10.6. The van der Waals surface area contributed by atoms with Crippen molar-refractivity contribution in [2.45, 2.75) is 25.9 Å². The van der Waals surface area contributed by atoms with E-state index in [1.165, 1.54) is 13.8 Å². The summed E-state index contributed by atoms with van der Waals surface area (Å²) in [6, 6.07) is -2.32. The van der Waals surface area contributed by atoms with Crippen LogP contribution in [0.1, 0.15) is 13.8 Å². The average molecular weight is 219 g/mol. The number of rotatable bonds is 6. The predicted molar refractivity (Wildman–Crippen MR) is 48.5 cm³/mol.